The monoisotopic (exact) mass is 482 g/mol. The molecule has 0 aliphatic rings. The van der Waals surface area contributed by atoms with Crippen LogP contribution in [0.2, 0.25) is 0 Å². The molecule has 176 valence electrons. The van der Waals surface area contributed by atoms with Gasteiger partial charge in [0.15, 0.2) is 11.5 Å². The van der Waals surface area contributed by atoms with Gasteiger partial charge < -0.3 is 14.8 Å². The molecule has 7 nitrogen and oxygen atoms in total. The molecule has 2 aromatic carbocycles. The molecule has 0 aliphatic carbocycles. The van der Waals surface area contributed by atoms with Crippen LogP contribution in [0.5, 0.6) is 11.5 Å². The third kappa shape index (κ3) is 6.79. The van der Waals surface area contributed by atoms with E-state index in [1.807, 2.05) is 0 Å². The smallest absolute Gasteiger partial charge is 0.405 e. The van der Waals surface area contributed by atoms with Crippen LogP contribution in [0.1, 0.15) is 15.9 Å². The van der Waals surface area contributed by atoms with Gasteiger partial charge in [0, 0.05) is 19.2 Å². The molecule has 32 heavy (non-hydrogen) atoms. The van der Waals surface area contributed by atoms with Gasteiger partial charge in [0.2, 0.25) is 10.0 Å². The summed E-state index contributed by atoms with van der Waals surface area (Å²) < 4.78 is 97.2. The number of nitrogens with one attached hydrogen (secondary N) is 1. The van der Waals surface area contributed by atoms with E-state index >= 15 is 0 Å². The number of hydrogen-bond acceptors (Lipinski definition) is 5. The van der Waals surface area contributed by atoms with Gasteiger partial charge in [-0.2, -0.15) is 26.3 Å². The maximum atomic E-state index is 12.8. The van der Waals surface area contributed by atoms with Crippen LogP contribution in [0.25, 0.3) is 0 Å². The number of rotatable bonds is 9. The van der Waals surface area contributed by atoms with Crippen LogP contribution >= 0.6 is 0 Å². The van der Waals surface area contributed by atoms with Gasteiger partial charge in [0.05, 0.1) is 12.0 Å². The summed E-state index contributed by atoms with van der Waals surface area (Å²) in [5.74, 6) is -1.23. The van der Waals surface area contributed by atoms with Crippen LogP contribution in [0.15, 0.2) is 47.4 Å². The molecule has 0 atom stereocenters. The molecule has 0 aliphatic heterocycles. The molecule has 0 fully saturated rings. The number of carbonyl (C=O) groups is 1. The number of halogens is 5. The van der Waals surface area contributed by atoms with Crippen LogP contribution in [0.3, 0.4) is 0 Å². The third-order valence-electron chi connectivity index (χ3n) is 4.12. The largest absolute Gasteiger partial charge is 0.493 e. The average molecular weight is 482 g/mol. The molecule has 0 bridgehead atoms. The van der Waals surface area contributed by atoms with Gasteiger partial charge in [0.25, 0.3) is 5.91 Å². The number of hydrogen-bond donors (Lipinski definition) is 1. The second kappa shape index (κ2) is 10.1. The fraction of sp³-hybridized carbons (Fsp3) is 0.316. The molecule has 0 saturated carbocycles. The Kier molecular flexibility index (Phi) is 8.02. The highest BCUT2D eigenvalue weighted by molar-refractivity contribution is 7.89. The van der Waals surface area contributed by atoms with Crippen molar-refractivity contribution >= 4 is 15.9 Å². The molecule has 0 heterocycles. The van der Waals surface area contributed by atoms with E-state index in [0.717, 1.165) is 28.6 Å². The summed E-state index contributed by atoms with van der Waals surface area (Å²) in [6.45, 7) is -4.72. The highest BCUT2D eigenvalue weighted by atomic mass is 32.2. The predicted molar refractivity (Wildman–Crippen MR) is 103 cm³/mol. The Bertz CT molecular complexity index is 1040. The van der Waals surface area contributed by atoms with Crippen molar-refractivity contribution in [2.45, 2.75) is 24.2 Å². The van der Waals surface area contributed by atoms with Crippen molar-refractivity contribution in [1.82, 2.24) is 9.62 Å². The topological polar surface area (TPSA) is 84.9 Å². The van der Waals surface area contributed by atoms with Gasteiger partial charge in [0.1, 0.15) is 6.54 Å². The first kappa shape index (κ1) is 25.3. The van der Waals surface area contributed by atoms with Gasteiger partial charge in [-0.25, -0.2) is 8.42 Å². The molecular weight excluding hydrogens is 463 g/mol. The fourth-order valence-electron chi connectivity index (χ4n) is 2.59. The zero-order valence-corrected chi connectivity index (χ0v) is 17.6. The highest BCUT2D eigenvalue weighted by Gasteiger charge is 2.28. The first-order valence-electron chi connectivity index (χ1n) is 8.86. The zero-order chi connectivity index (χ0) is 24.1. The Balaban J connectivity index is 2.13. The quantitative estimate of drug-likeness (QED) is 0.554. The molecule has 1 amide bonds. The molecule has 0 saturated heterocycles. The Morgan fingerprint density at radius 3 is 2.25 bits per heavy atom. The van der Waals surface area contributed by atoms with Gasteiger partial charge in [-0.1, -0.05) is 6.07 Å². The van der Waals surface area contributed by atoms with Crippen molar-refractivity contribution in [2.75, 3.05) is 20.7 Å². The summed E-state index contributed by atoms with van der Waals surface area (Å²) in [5, 5.41) is 1.69. The molecule has 2 aromatic rings. The van der Waals surface area contributed by atoms with Crippen LogP contribution in [-0.4, -0.2) is 52.1 Å². The molecule has 0 aromatic heterocycles. The third-order valence-corrected chi connectivity index (χ3v) is 5.94. The first-order chi connectivity index (χ1) is 14.8. The highest BCUT2D eigenvalue weighted by Crippen LogP contribution is 2.30. The van der Waals surface area contributed by atoms with Crippen LogP contribution < -0.4 is 14.8 Å². The lowest BCUT2D eigenvalue weighted by atomic mass is 10.2. The number of sulfonamides is 1. The Morgan fingerprint density at radius 1 is 1.09 bits per heavy atom. The number of benzene rings is 2. The van der Waals surface area contributed by atoms with Gasteiger partial charge >= 0.3 is 12.8 Å². The predicted octanol–water partition coefficient (Wildman–Crippen LogP) is 3.41. The Hall–Kier alpha value is -2.93. The summed E-state index contributed by atoms with van der Waals surface area (Å²) in [6, 6.07) is 8.31. The average Bonchev–Trinajstić information content (AvgIpc) is 2.72. The van der Waals surface area contributed by atoms with E-state index in [-0.39, 0.29) is 28.5 Å². The summed E-state index contributed by atoms with van der Waals surface area (Å²) >= 11 is 0. The molecule has 2 rings (SSSR count). The summed E-state index contributed by atoms with van der Waals surface area (Å²) in [7, 11) is -1.52. The van der Waals surface area contributed by atoms with Crippen molar-refractivity contribution in [3.63, 3.8) is 0 Å². The molecule has 0 spiro atoms. The maximum absolute atomic E-state index is 12.8. The van der Waals surface area contributed by atoms with Gasteiger partial charge in [-0.3, -0.25) is 4.79 Å². The number of ether oxygens (including phenoxy) is 2. The summed E-state index contributed by atoms with van der Waals surface area (Å²) in [4.78, 5) is 11.5. The minimum absolute atomic E-state index is 0.0113. The number of nitrogens with zero attached hydrogens (tertiary/aromatic N) is 1. The van der Waals surface area contributed by atoms with E-state index in [1.165, 1.54) is 32.4 Å². The lowest BCUT2D eigenvalue weighted by Gasteiger charge is -2.18. The van der Waals surface area contributed by atoms with E-state index in [4.69, 9.17) is 4.74 Å². The van der Waals surface area contributed by atoms with E-state index < -0.39 is 35.3 Å². The lowest BCUT2D eigenvalue weighted by Crippen LogP contribution is -2.33. The Morgan fingerprint density at radius 2 is 1.72 bits per heavy atom. The van der Waals surface area contributed by atoms with E-state index in [1.54, 1.807) is 5.32 Å². The van der Waals surface area contributed by atoms with Crippen molar-refractivity contribution in [2.24, 2.45) is 0 Å². The van der Waals surface area contributed by atoms with E-state index in [9.17, 15) is 35.2 Å². The molecule has 0 unspecified atom stereocenters. The Labute approximate surface area is 180 Å². The maximum Gasteiger partial charge on any atom is 0.405 e. The second-order valence-electron chi connectivity index (χ2n) is 6.45. The minimum Gasteiger partial charge on any atom is -0.493 e. The van der Waals surface area contributed by atoms with E-state index in [2.05, 4.69) is 4.74 Å². The van der Waals surface area contributed by atoms with E-state index in [0.29, 0.717) is 5.56 Å². The molecular formula is C19H19F5N2O5S. The summed E-state index contributed by atoms with van der Waals surface area (Å²) in [5.41, 5.74) is 0.271. The normalized spacial score (nSPS) is 12.2. The van der Waals surface area contributed by atoms with Crippen LogP contribution in [-0.2, 0) is 16.6 Å². The van der Waals surface area contributed by atoms with Crippen molar-refractivity contribution in [1.29, 1.82) is 0 Å². The first-order valence-corrected chi connectivity index (χ1v) is 10.3. The summed E-state index contributed by atoms with van der Waals surface area (Å²) in [6.07, 6.45) is -4.58. The lowest BCUT2D eigenvalue weighted by molar-refractivity contribution is -0.123. The number of carbonyl (C=O) groups excluding carboxylic acids is 1. The van der Waals surface area contributed by atoms with Gasteiger partial charge in [-0.05, 0) is 42.0 Å². The van der Waals surface area contributed by atoms with Crippen molar-refractivity contribution < 1.29 is 44.6 Å². The molecule has 13 heteroatoms. The number of alkyl halides is 5. The number of methoxy groups -OCH3 is 1. The second-order valence-corrected chi connectivity index (χ2v) is 8.49. The number of amides is 1. The zero-order valence-electron chi connectivity index (χ0n) is 16.8. The standard InChI is InChI=1S/C19H19F5N2O5S/c1-26(10-12-3-8-15(31-18(20)21)16(9-12)30-2)32(28,29)14-6-4-13(5-7-14)17(27)25-11-19(22,23)24/h3-9,18H,10-11H2,1-2H3,(H,25,27). The van der Waals surface area contributed by atoms with Gasteiger partial charge in [-0.15, -0.1) is 0 Å². The molecule has 1 N–H and O–H groups in total. The van der Waals surface area contributed by atoms with Crippen LogP contribution in [0.4, 0.5) is 22.0 Å². The fourth-order valence-corrected chi connectivity index (χ4v) is 3.75. The SMILES string of the molecule is COc1cc(CN(C)S(=O)(=O)c2ccc(C(=O)NCC(F)(F)F)cc2)ccc1OC(F)F. The van der Waals surface area contributed by atoms with Crippen molar-refractivity contribution in [3.8, 4) is 11.5 Å². The molecule has 0 radical (unpaired) electrons. The van der Waals surface area contributed by atoms with Crippen molar-refractivity contribution in [3.05, 3.63) is 53.6 Å². The van der Waals surface area contributed by atoms with Crippen LogP contribution in [0, 0.1) is 0 Å². The minimum atomic E-state index is -4.58.